The Morgan fingerprint density at radius 2 is 2.00 bits per heavy atom. The minimum atomic E-state index is -0.553. The highest BCUT2D eigenvalue weighted by atomic mass is 32.1. The number of anilines is 1. The molecule has 1 aromatic carbocycles. The zero-order valence-corrected chi connectivity index (χ0v) is 16.3. The molecule has 0 saturated carbocycles. The average molecular weight is 402 g/mol. The van der Waals surface area contributed by atoms with Gasteiger partial charge in [-0.05, 0) is 30.0 Å². The second-order valence-electron chi connectivity index (χ2n) is 5.78. The smallest absolute Gasteiger partial charge is 0.313 e. The van der Waals surface area contributed by atoms with Crippen molar-refractivity contribution < 1.29 is 19.1 Å². The molecule has 3 rings (SSSR count). The number of hydrogen-bond donors (Lipinski definition) is 1. The number of rotatable bonds is 8. The minimum Gasteiger partial charge on any atom is -0.465 e. The van der Waals surface area contributed by atoms with Crippen molar-refractivity contribution in [2.45, 2.75) is 26.2 Å². The number of amides is 1. The molecule has 140 valence electrons. The summed E-state index contributed by atoms with van der Waals surface area (Å²) in [5, 5.41) is 5.16. The van der Waals surface area contributed by atoms with Gasteiger partial charge < -0.3 is 10.1 Å². The molecule has 2 aromatic heterocycles. The van der Waals surface area contributed by atoms with E-state index in [2.05, 4.69) is 10.3 Å². The SMILES string of the molecule is CCCCOC(=O)CC(=O)c1ccsc1NC(=O)c1nc2ccccc2s1. The summed E-state index contributed by atoms with van der Waals surface area (Å²) in [6.07, 6.45) is 1.33. The number of esters is 1. The maximum absolute atomic E-state index is 12.5. The van der Waals surface area contributed by atoms with Gasteiger partial charge in [0.05, 0.1) is 22.4 Å². The van der Waals surface area contributed by atoms with E-state index in [1.54, 1.807) is 11.4 Å². The van der Waals surface area contributed by atoms with Crippen LogP contribution in [-0.2, 0) is 9.53 Å². The van der Waals surface area contributed by atoms with Crippen LogP contribution in [0.15, 0.2) is 35.7 Å². The van der Waals surface area contributed by atoms with Crippen LogP contribution in [0, 0.1) is 0 Å². The zero-order valence-electron chi connectivity index (χ0n) is 14.7. The molecule has 0 aliphatic heterocycles. The number of carbonyl (C=O) groups excluding carboxylic acids is 3. The maximum atomic E-state index is 12.5. The lowest BCUT2D eigenvalue weighted by molar-refractivity contribution is -0.142. The summed E-state index contributed by atoms with van der Waals surface area (Å²) in [5.41, 5.74) is 1.06. The standard InChI is InChI=1S/C19H18N2O4S2/c1-2-3-9-25-16(23)11-14(22)12-8-10-26-18(12)21-17(24)19-20-13-6-4-5-7-15(13)27-19/h4-8,10H,2-3,9,11H2,1H3,(H,21,24). The fourth-order valence-electron chi connectivity index (χ4n) is 2.36. The first-order valence-electron chi connectivity index (χ1n) is 8.51. The van der Waals surface area contributed by atoms with Crippen LogP contribution >= 0.6 is 22.7 Å². The van der Waals surface area contributed by atoms with Crippen molar-refractivity contribution in [3.05, 3.63) is 46.3 Å². The first kappa shape index (κ1) is 19.2. The number of aromatic nitrogens is 1. The van der Waals surface area contributed by atoms with Gasteiger partial charge in [-0.3, -0.25) is 14.4 Å². The number of ketones is 1. The molecule has 8 heteroatoms. The van der Waals surface area contributed by atoms with Crippen LogP contribution in [0.4, 0.5) is 5.00 Å². The summed E-state index contributed by atoms with van der Waals surface area (Å²) in [6.45, 7) is 2.30. The highest BCUT2D eigenvalue weighted by molar-refractivity contribution is 7.20. The second kappa shape index (κ2) is 8.88. The molecule has 1 N–H and O–H groups in total. The zero-order chi connectivity index (χ0) is 19.2. The predicted molar refractivity (Wildman–Crippen MR) is 107 cm³/mol. The van der Waals surface area contributed by atoms with Gasteiger partial charge in [-0.1, -0.05) is 25.5 Å². The van der Waals surface area contributed by atoms with E-state index in [9.17, 15) is 14.4 Å². The molecule has 1 amide bonds. The first-order chi connectivity index (χ1) is 13.1. The largest absolute Gasteiger partial charge is 0.465 e. The van der Waals surface area contributed by atoms with Crippen molar-refractivity contribution in [1.29, 1.82) is 0 Å². The van der Waals surface area contributed by atoms with E-state index in [1.807, 2.05) is 31.2 Å². The molecule has 0 atom stereocenters. The molecule has 27 heavy (non-hydrogen) atoms. The van der Waals surface area contributed by atoms with Crippen LogP contribution in [0.2, 0.25) is 0 Å². The molecular formula is C19H18N2O4S2. The van der Waals surface area contributed by atoms with E-state index < -0.39 is 5.97 Å². The third-order valence-electron chi connectivity index (χ3n) is 3.75. The topological polar surface area (TPSA) is 85.4 Å². The Bertz CT molecular complexity index is 944. The Morgan fingerprint density at radius 1 is 1.19 bits per heavy atom. The van der Waals surface area contributed by atoms with Crippen LogP contribution in [0.25, 0.3) is 10.2 Å². The average Bonchev–Trinajstić information content (AvgIpc) is 3.28. The second-order valence-corrected chi connectivity index (χ2v) is 7.73. The molecule has 0 aliphatic rings. The number of fused-ring (bicyclic) bond motifs is 1. The van der Waals surface area contributed by atoms with E-state index in [0.29, 0.717) is 22.2 Å². The Kier molecular flexibility index (Phi) is 6.31. The summed E-state index contributed by atoms with van der Waals surface area (Å²) in [6, 6.07) is 9.08. The Hall–Kier alpha value is -2.58. The number of unbranched alkanes of at least 4 members (excludes halogenated alkanes) is 1. The van der Waals surface area contributed by atoms with Gasteiger partial charge in [-0.15, -0.1) is 22.7 Å². The van der Waals surface area contributed by atoms with E-state index in [0.717, 1.165) is 23.1 Å². The van der Waals surface area contributed by atoms with Crippen LogP contribution in [-0.4, -0.2) is 29.3 Å². The number of carbonyl (C=O) groups is 3. The van der Waals surface area contributed by atoms with E-state index in [4.69, 9.17) is 4.74 Å². The van der Waals surface area contributed by atoms with Gasteiger partial charge in [-0.25, -0.2) is 4.98 Å². The molecule has 0 spiro atoms. The number of nitrogens with one attached hydrogen (secondary N) is 1. The van der Waals surface area contributed by atoms with Gasteiger partial charge in [0.1, 0.15) is 11.4 Å². The minimum absolute atomic E-state index is 0.307. The summed E-state index contributed by atoms with van der Waals surface area (Å²) >= 11 is 2.51. The molecule has 3 aromatic rings. The molecule has 0 radical (unpaired) electrons. The van der Waals surface area contributed by atoms with E-state index in [-0.39, 0.29) is 18.1 Å². The monoisotopic (exact) mass is 402 g/mol. The van der Waals surface area contributed by atoms with Crippen molar-refractivity contribution in [2.24, 2.45) is 0 Å². The van der Waals surface area contributed by atoms with Crippen molar-refractivity contribution in [1.82, 2.24) is 4.98 Å². The normalized spacial score (nSPS) is 10.7. The van der Waals surface area contributed by atoms with Crippen LogP contribution in [0.5, 0.6) is 0 Å². The quantitative estimate of drug-likeness (QED) is 0.259. The lowest BCUT2D eigenvalue weighted by Gasteiger charge is -2.05. The van der Waals surface area contributed by atoms with Crippen molar-refractivity contribution in [2.75, 3.05) is 11.9 Å². The number of para-hydroxylation sites is 1. The fraction of sp³-hybridized carbons (Fsp3) is 0.263. The summed E-state index contributed by atoms with van der Waals surface area (Å²) < 4.78 is 5.94. The lowest BCUT2D eigenvalue weighted by atomic mass is 10.1. The van der Waals surface area contributed by atoms with Crippen molar-refractivity contribution in [3.63, 3.8) is 0 Å². The van der Waals surface area contributed by atoms with Crippen molar-refractivity contribution >= 4 is 55.6 Å². The molecule has 0 aliphatic carbocycles. The Labute approximate surface area is 164 Å². The van der Waals surface area contributed by atoms with Gasteiger partial charge in [0.15, 0.2) is 10.8 Å². The van der Waals surface area contributed by atoms with Gasteiger partial charge in [0.25, 0.3) is 5.91 Å². The molecule has 0 fully saturated rings. The van der Waals surface area contributed by atoms with Crippen LogP contribution in [0.3, 0.4) is 0 Å². The Morgan fingerprint density at radius 3 is 2.78 bits per heavy atom. The molecule has 0 unspecified atom stereocenters. The number of thiophene rings is 1. The number of thiazole rings is 1. The summed E-state index contributed by atoms with van der Waals surface area (Å²) in [4.78, 5) is 40.9. The lowest BCUT2D eigenvalue weighted by Crippen LogP contribution is -2.15. The van der Waals surface area contributed by atoms with Gasteiger partial charge in [-0.2, -0.15) is 0 Å². The third kappa shape index (κ3) is 4.78. The van der Waals surface area contributed by atoms with Gasteiger partial charge in [0.2, 0.25) is 0 Å². The molecule has 6 nitrogen and oxygen atoms in total. The highest BCUT2D eigenvalue weighted by Gasteiger charge is 2.20. The molecule has 0 saturated heterocycles. The number of benzene rings is 1. The number of Topliss-reactive ketones (excluding diaryl/α,β-unsaturated/α-hetero) is 1. The molecular weight excluding hydrogens is 384 g/mol. The summed E-state index contributed by atoms with van der Waals surface area (Å²) in [5.74, 6) is -1.31. The number of hydrogen-bond acceptors (Lipinski definition) is 7. The maximum Gasteiger partial charge on any atom is 0.313 e. The van der Waals surface area contributed by atoms with Gasteiger partial charge in [0, 0.05) is 0 Å². The predicted octanol–water partition coefficient (Wildman–Crippen LogP) is 4.53. The van der Waals surface area contributed by atoms with Crippen LogP contribution < -0.4 is 5.32 Å². The summed E-state index contributed by atoms with van der Waals surface area (Å²) in [7, 11) is 0. The third-order valence-corrected chi connectivity index (χ3v) is 5.61. The highest BCUT2D eigenvalue weighted by Crippen LogP contribution is 2.27. The van der Waals surface area contributed by atoms with E-state index >= 15 is 0 Å². The number of nitrogens with zero attached hydrogens (tertiary/aromatic N) is 1. The first-order valence-corrected chi connectivity index (χ1v) is 10.2. The van der Waals surface area contributed by atoms with Crippen molar-refractivity contribution in [3.8, 4) is 0 Å². The Balaban J connectivity index is 1.66. The molecule has 2 heterocycles. The fourth-order valence-corrected chi connectivity index (χ4v) is 4.02. The number of ether oxygens (including phenoxy) is 1. The molecule has 0 bridgehead atoms. The van der Waals surface area contributed by atoms with E-state index in [1.165, 1.54) is 22.7 Å². The van der Waals surface area contributed by atoms with Crippen LogP contribution in [0.1, 0.15) is 46.3 Å². The van der Waals surface area contributed by atoms with Gasteiger partial charge >= 0.3 is 5.97 Å².